The number of amides is 1. The summed E-state index contributed by atoms with van der Waals surface area (Å²) in [7, 11) is 0. The molecule has 1 saturated heterocycles. The van der Waals surface area contributed by atoms with Crippen molar-refractivity contribution >= 4 is 29.3 Å². The Morgan fingerprint density at radius 1 is 1.50 bits per heavy atom. The van der Waals surface area contributed by atoms with Gasteiger partial charge >= 0.3 is 0 Å². The van der Waals surface area contributed by atoms with Crippen LogP contribution in [0.5, 0.6) is 0 Å². The maximum atomic E-state index is 11.3. The van der Waals surface area contributed by atoms with E-state index in [0.717, 1.165) is 12.8 Å². The Morgan fingerprint density at radius 2 is 2.22 bits per heavy atom. The van der Waals surface area contributed by atoms with Gasteiger partial charge in [-0.05, 0) is 19.8 Å². The van der Waals surface area contributed by atoms with Gasteiger partial charge in [0.05, 0.1) is 5.92 Å². The van der Waals surface area contributed by atoms with Crippen LogP contribution < -0.4 is 16.4 Å². The molecule has 0 radical (unpaired) electrons. The average molecular weight is 270 g/mol. The van der Waals surface area contributed by atoms with E-state index in [0.29, 0.717) is 17.5 Å². The molecular weight excluding hydrogens is 254 g/mol. The number of aromatic nitrogens is 2. The molecule has 0 bridgehead atoms. The molecule has 18 heavy (non-hydrogen) atoms. The Kier molecular flexibility index (Phi) is 3.56. The largest absolute Gasteiger partial charge is 0.369 e. The second-order valence-corrected chi connectivity index (χ2v) is 4.97. The number of halogens is 1. The van der Waals surface area contributed by atoms with Gasteiger partial charge in [-0.25, -0.2) is 4.98 Å². The van der Waals surface area contributed by atoms with E-state index >= 15 is 0 Å². The molecule has 2 heterocycles. The Morgan fingerprint density at radius 3 is 2.83 bits per heavy atom. The van der Waals surface area contributed by atoms with Crippen LogP contribution in [0.15, 0.2) is 6.07 Å². The quantitative estimate of drug-likeness (QED) is 0.774. The number of anilines is 2. The van der Waals surface area contributed by atoms with Crippen molar-refractivity contribution < 1.29 is 4.79 Å². The average Bonchev–Trinajstić information content (AvgIpc) is 2.27. The molecule has 4 N–H and O–H groups in total. The maximum absolute atomic E-state index is 11.3. The van der Waals surface area contributed by atoms with E-state index < -0.39 is 0 Å². The van der Waals surface area contributed by atoms with Crippen LogP contribution in [0.2, 0.25) is 5.15 Å². The van der Waals surface area contributed by atoms with Crippen LogP contribution in [0, 0.1) is 5.92 Å². The summed E-state index contributed by atoms with van der Waals surface area (Å²) in [4.78, 5) is 21.3. The van der Waals surface area contributed by atoms with Gasteiger partial charge in [-0.3, -0.25) is 4.79 Å². The first-order chi connectivity index (χ1) is 8.47. The van der Waals surface area contributed by atoms with Gasteiger partial charge < -0.3 is 16.4 Å². The predicted octanol–water partition coefficient (Wildman–Crippen LogP) is 0.802. The highest BCUT2D eigenvalue weighted by atomic mass is 35.5. The molecule has 1 aliphatic rings. The van der Waals surface area contributed by atoms with Gasteiger partial charge in [0.2, 0.25) is 11.9 Å². The minimum atomic E-state index is -0.278. The fraction of sp³-hybridized carbons (Fsp3) is 0.545. The lowest BCUT2D eigenvalue weighted by Gasteiger charge is -2.37. The van der Waals surface area contributed by atoms with Gasteiger partial charge in [0, 0.05) is 18.7 Å². The summed E-state index contributed by atoms with van der Waals surface area (Å²) < 4.78 is 0. The predicted molar refractivity (Wildman–Crippen MR) is 70.2 cm³/mol. The summed E-state index contributed by atoms with van der Waals surface area (Å²) in [6, 6.07) is 1.92. The molecule has 1 aromatic heterocycles. The third-order valence-corrected chi connectivity index (χ3v) is 3.47. The third kappa shape index (κ3) is 2.64. The van der Waals surface area contributed by atoms with Crippen molar-refractivity contribution in [2.75, 3.05) is 17.2 Å². The molecule has 0 aromatic carbocycles. The van der Waals surface area contributed by atoms with Crippen molar-refractivity contribution in [2.45, 2.75) is 25.8 Å². The van der Waals surface area contributed by atoms with Gasteiger partial charge in [0.15, 0.2) is 0 Å². The van der Waals surface area contributed by atoms with Crippen LogP contribution in [-0.4, -0.2) is 28.5 Å². The lowest BCUT2D eigenvalue weighted by Crippen LogP contribution is -2.46. The summed E-state index contributed by atoms with van der Waals surface area (Å²) in [6.07, 6.45) is 1.69. The molecule has 0 saturated carbocycles. The van der Waals surface area contributed by atoms with Gasteiger partial charge in [0.1, 0.15) is 11.0 Å². The van der Waals surface area contributed by atoms with E-state index in [4.69, 9.17) is 23.1 Å². The molecule has 2 rings (SSSR count). The summed E-state index contributed by atoms with van der Waals surface area (Å²) in [5, 5.41) is 0.297. The first-order valence-electron chi connectivity index (χ1n) is 5.83. The van der Waals surface area contributed by atoms with Crippen LogP contribution >= 0.6 is 11.6 Å². The fourth-order valence-electron chi connectivity index (χ4n) is 2.23. The van der Waals surface area contributed by atoms with E-state index in [2.05, 4.69) is 16.9 Å². The lowest BCUT2D eigenvalue weighted by molar-refractivity contribution is -0.122. The van der Waals surface area contributed by atoms with Crippen LogP contribution in [0.4, 0.5) is 11.8 Å². The highest BCUT2D eigenvalue weighted by Gasteiger charge is 2.29. The summed E-state index contributed by atoms with van der Waals surface area (Å²) in [5.41, 5.74) is 10.9. The highest BCUT2D eigenvalue weighted by Crippen LogP contribution is 2.27. The lowest BCUT2D eigenvalue weighted by atomic mass is 9.93. The second-order valence-electron chi connectivity index (χ2n) is 4.59. The van der Waals surface area contributed by atoms with Crippen molar-refractivity contribution in [2.24, 2.45) is 11.7 Å². The Balaban J connectivity index is 2.26. The number of hydrogen-bond donors (Lipinski definition) is 2. The van der Waals surface area contributed by atoms with Gasteiger partial charge in [-0.15, -0.1) is 0 Å². The second kappa shape index (κ2) is 4.97. The SMILES string of the molecule is CC1CCC(C(N)=O)CN1c1cc(Cl)nc(N)n1. The summed E-state index contributed by atoms with van der Waals surface area (Å²) in [6.45, 7) is 2.62. The number of nitrogen functional groups attached to an aromatic ring is 1. The minimum absolute atomic E-state index is 0.130. The monoisotopic (exact) mass is 269 g/mol. The van der Waals surface area contributed by atoms with Crippen molar-refractivity contribution in [3.63, 3.8) is 0 Å². The van der Waals surface area contributed by atoms with Crippen molar-refractivity contribution in [3.8, 4) is 0 Å². The molecule has 0 aliphatic carbocycles. The number of nitrogens with zero attached hydrogens (tertiary/aromatic N) is 3. The number of rotatable bonds is 2. The zero-order valence-electron chi connectivity index (χ0n) is 10.1. The maximum Gasteiger partial charge on any atom is 0.223 e. The van der Waals surface area contributed by atoms with Crippen LogP contribution in [0.3, 0.4) is 0 Å². The molecular formula is C11H16ClN5O. The topological polar surface area (TPSA) is 98.1 Å². The number of hydrogen-bond acceptors (Lipinski definition) is 5. The van der Waals surface area contributed by atoms with E-state index in [1.54, 1.807) is 6.07 Å². The van der Waals surface area contributed by atoms with Crippen LogP contribution in [0.25, 0.3) is 0 Å². The van der Waals surface area contributed by atoms with Crippen LogP contribution in [0.1, 0.15) is 19.8 Å². The number of carbonyl (C=O) groups is 1. The third-order valence-electron chi connectivity index (χ3n) is 3.28. The standard InChI is InChI=1S/C11H16ClN5O/c1-6-2-3-7(10(13)18)5-17(6)9-4-8(12)15-11(14)16-9/h4,6-7H,2-3,5H2,1H3,(H2,13,18)(H2,14,15,16). The molecule has 98 valence electrons. The smallest absolute Gasteiger partial charge is 0.223 e. The summed E-state index contributed by atoms with van der Waals surface area (Å²) >= 11 is 5.87. The van der Waals surface area contributed by atoms with Gasteiger partial charge in [-0.1, -0.05) is 11.6 Å². The number of nitrogens with two attached hydrogens (primary N) is 2. The zero-order valence-corrected chi connectivity index (χ0v) is 10.9. The van der Waals surface area contributed by atoms with E-state index in [1.807, 2.05) is 4.90 Å². The Hall–Kier alpha value is -1.56. The minimum Gasteiger partial charge on any atom is -0.369 e. The molecule has 7 heteroatoms. The molecule has 1 aliphatic heterocycles. The normalized spacial score (nSPS) is 24.0. The number of primary amides is 1. The molecule has 2 atom stereocenters. The van der Waals surface area contributed by atoms with Crippen LogP contribution in [-0.2, 0) is 4.79 Å². The zero-order chi connectivity index (χ0) is 13.3. The van der Waals surface area contributed by atoms with E-state index in [9.17, 15) is 4.79 Å². The fourth-order valence-corrected chi connectivity index (χ4v) is 2.41. The molecule has 6 nitrogen and oxygen atoms in total. The van der Waals surface area contributed by atoms with E-state index in [-0.39, 0.29) is 23.8 Å². The summed E-state index contributed by atoms with van der Waals surface area (Å²) in [5.74, 6) is 0.341. The Bertz CT molecular complexity index is 446. The van der Waals surface area contributed by atoms with Crippen molar-refractivity contribution in [1.82, 2.24) is 9.97 Å². The first-order valence-corrected chi connectivity index (χ1v) is 6.21. The number of piperidine rings is 1. The number of carbonyl (C=O) groups excluding carboxylic acids is 1. The van der Waals surface area contributed by atoms with Crippen molar-refractivity contribution in [3.05, 3.63) is 11.2 Å². The first kappa shape index (κ1) is 12.9. The molecule has 1 amide bonds. The molecule has 1 fully saturated rings. The molecule has 1 aromatic rings. The molecule has 0 spiro atoms. The van der Waals surface area contributed by atoms with Gasteiger partial charge in [0.25, 0.3) is 0 Å². The Labute approximate surface area is 110 Å². The van der Waals surface area contributed by atoms with E-state index in [1.165, 1.54) is 0 Å². The van der Waals surface area contributed by atoms with Gasteiger partial charge in [-0.2, -0.15) is 4.98 Å². The molecule has 2 unspecified atom stereocenters. The van der Waals surface area contributed by atoms with Crippen molar-refractivity contribution in [1.29, 1.82) is 0 Å². The highest BCUT2D eigenvalue weighted by molar-refractivity contribution is 6.29.